The third-order valence-corrected chi connectivity index (χ3v) is 5.30. The number of benzene rings is 1. The van der Waals surface area contributed by atoms with E-state index in [2.05, 4.69) is 0 Å². The molecule has 0 unspecified atom stereocenters. The maximum Gasteiger partial charge on any atom is 0.305 e. The molecule has 0 aliphatic carbocycles. The summed E-state index contributed by atoms with van der Waals surface area (Å²) in [7, 11) is 1.48. The van der Waals surface area contributed by atoms with E-state index in [1.807, 2.05) is 0 Å². The largest absolute Gasteiger partial charge is 0.497 e. The Hall–Kier alpha value is -3.20. The van der Waals surface area contributed by atoms with Crippen LogP contribution in [-0.2, 0) is 33.4 Å². The standard InChI is InChI=1S/C20H19NO8/c1-10(22)27-19(28-11(2)23)20-8-7-14(29-20)15-16(20)18(25)21(17(15)24)12-5-4-6-13(9-12)26-3/h4-9,14-16,19H,1-3H3/t14-,15-,16-,20+/m0/s1. The van der Waals surface area contributed by atoms with Gasteiger partial charge in [-0.2, -0.15) is 0 Å². The first kappa shape index (κ1) is 19.1. The highest BCUT2D eigenvalue weighted by atomic mass is 16.7. The summed E-state index contributed by atoms with van der Waals surface area (Å²) in [6, 6.07) is 6.57. The molecule has 9 nitrogen and oxygen atoms in total. The number of hydrogen-bond donors (Lipinski definition) is 0. The second-order valence-electron chi connectivity index (χ2n) is 7.06. The van der Waals surface area contributed by atoms with Crippen molar-refractivity contribution in [2.24, 2.45) is 11.8 Å². The molecule has 4 atom stereocenters. The number of imide groups is 1. The summed E-state index contributed by atoms with van der Waals surface area (Å²) in [5.41, 5.74) is -1.20. The van der Waals surface area contributed by atoms with Gasteiger partial charge >= 0.3 is 11.9 Å². The van der Waals surface area contributed by atoms with Gasteiger partial charge in [-0.1, -0.05) is 12.1 Å². The fraction of sp³-hybridized carbons (Fsp3) is 0.400. The average Bonchev–Trinajstić information content (AvgIpc) is 3.32. The van der Waals surface area contributed by atoms with E-state index in [4.69, 9.17) is 18.9 Å². The Morgan fingerprint density at radius 3 is 2.45 bits per heavy atom. The number of methoxy groups -OCH3 is 1. The minimum atomic E-state index is -1.56. The summed E-state index contributed by atoms with van der Waals surface area (Å²) < 4.78 is 21.4. The van der Waals surface area contributed by atoms with Crippen molar-refractivity contribution in [1.82, 2.24) is 0 Å². The fourth-order valence-electron chi connectivity index (χ4n) is 4.22. The van der Waals surface area contributed by atoms with Crippen molar-refractivity contribution < 1.29 is 38.1 Å². The average molecular weight is 401 g/mol. The van der Waals surface area contributed by atoms with E-state index in [-0.39, 0.29) is 0 Å². The van der Waals surface area contributed by atoms with Crippen molar-refractivity contribution in [2.45, 2.75) is 31.8 Å². The molecule has 2 amide bonds. The number of carbonyl (C=O) groups excluding carboxylic acids is 4. The predicted molar refractivity (Wildman–Crippen MR) is 96.5 cm³/mol. The lowest BCUT2D eigenvalue weighted by atomic mass is 9.76. The maximum atomic E-state index is 13.3. The van der Waals surface area contributed by atoms with Gasteiger partial charge in [0.05, 0.1) is 30.7 Å². The molecule has 1 aromatic carbocycles. The summed E-state index contributed by atoms with van der Waals surface area (Å²) >= 11 is 0. The van der Waals surface area contributed by atoms with Crippen molar-refractivity contribution >= 4 is 29.4 Å². The highest BCUT2D eigenvalue weighted by Crippen LogP contribution is 2.54. The van der Waals surface area contributed by atoms with Crippen LogP contribution in [0.5, 0.6) is 5.75 Å². The van der Waals surface area contributed by atoms with Crippen LogP contribution in [0, 0.1) is 11.8 Å². The summed E-state index contributed by atoms with van der Waals surface area (Å²) in [5, 5.41) is 0. The number of amides is 2. The van der Waals surface area contributed by atoms with Crippen LogP contribution in [0.1, 0.15) is 13.8 Å². The highest BCUT2D eigenvalue weighted by Gasteiger charge is 2.72. The van der Waals surface area contributed by atoms with Crippen molar-refractivity contribution in [3.05, 3.63) is 36.4 Å². The third kappa shape index (κ3) is 2.80. The van der Waals surface area contributed by atoms with Gasteiger partial charge in [-0.15, -0.1) is 0 Å². The van der Waals surface area contributed by atoms with Crippen LogP contribution in [0.3, 0.4) is 0 Å². The second-order valence-corrected chi connectivity index (χ2v) is 7.06. The second kappa shape index (κ2) is 6.70. The van der Waals surface area contributed by atoms with Gasteiger partial charge in [-0.05, 0) is 18.2 Å². The number of anilines is 1. The summed E-state index contributed by atoms with van der Waals surface area (Å²) in [4.78, 5) is 50.7. The van der Waals surface area contributed by atoms with E-state index in [1.165, 1.54) is 13.2 Å². The van der Waals surface area contributed by atoms with Crippen LogP contribution in [0.15, 0.2) is 36.4 Å². The monoisotopic (exact) mass is 401 g/mol. The molecular weight excluding hydrogens is 382 g/mol. The van der Waals surface area contributed by atoms with E-state index in [0.29, 0.717) is 11.4 Å². The molecule has 9 heteroatoms. The summed E-state index contributed by atoms with van der Waals surface area (Å²) in [6.07, 6.45) is 0.980. The van der Waals surface area contributed by atoms with Crippen LogP contribution in [-0.4, -0.2) is 48.9 Å². The van der Waals surface area contributed by atoms with Crippen LogP contribution in [0.2, 0.25) is 0 Å². The zero-order valence-electron chi connectivity index (χ0n) is 16.0. The molecule has 1 aromatic rings. The molecule has 0 saturated carbocycles. The number of ether oxygens (including phenoxy) is 4. The quantitative estimate of drug-likeness (QED) is 0.311. The Bertz CT molecular complexity index is 924. The van der Waals surface area contributed by atoms with Crippen molar-refractivity contribution in [3.63, 3.8) is 0 Å². The van der Waals surface area contributed by atoms with E-state index < -0.39 is 53.6 Å². The lowest BCUT2D eigenvalue weighted by Gasteiger charge is -2.34. The minimum Gasteiger partial charge on any atom is -0.497 e. The van der Waals surface area contributed by atoms with Gasteiger partial charge in [0, 0.05) is 19.9 Å². The molecule has 0 spiro atoms. The van der Waals surface area contributed by atoms with Crippen molar-refractivity contribution in [2.75, 3.05) is 12.0 Å². The number of carbonyl (C=O) groups is 4. The lowest BCUT2D eigenvalue weighted by Crippen LogP contribution is -2.52. The Kier molecular flexibility index (Phi) is 4.42. The maximum absolute atomic E-state index is 13.3. The molecule has 4 rings (SSSR count). The molecule has 3 aliphatic rings. The summed E-state index contributed by atoms with van der Waals surface area (Å²) in [5.74, 6) is -3.71. The molecule has 2 saturated heterocycles. The normalized spacial score (nSPS) is 29.4. The van der Waals surface area contributed by atoms with Crippen LogP contribution in [0.25, 0.3) is 0 Å². The smallest absolute Gasteiger partial charge is 0.305 e. The van der Waals surface area contributed by atoms with Gasteiger partial charge < -0.3 is 18.9 Å². The van der Waals surface area contributed by atoms with E-state index in [0.717, 1.165) is 18.7 Å². The topological polar surface area (TPSA) is 108 Å². The van der Waals surface area contributed by atoms with Crippen LogP contribution in [0.4, 0.5) is 5.69 Å². The predicted octanol–water partition coefficient (Wildman–Crippen LogP) is 0.960. The van der Waals surface area contributed by atoms with Crippen molar-refractivity contribution in [3.8, 4) is 5.75 Å². The zero-order valence-corrected chi connectivity index (χ0v) is 16.0. The third-order valence-electron chi connectivity index (χ3n) is 5.30. The Balaban J connectivity index is 1.74. The van der Waals surface area contributed by atoms with E-state index in [9.17, 15) is 19.2 Å². The molecule has 3 heterocycles. The van der Waals surface area contributed by atoms with Gasteiger partial charge in [0.25, 0.3) is 6.29 Å². The molecule has 3 aliphatic heterocycles. The molecule has 29 heavy (non-hydrogen) atoms. The molecule has 2 fully saturated rings. The molecule has 0 radical (unpaired) electrons. The van der Waals surface area contributed by atoms with Crippen molar-refractivity contribution in [1.29, 1.82) is 0 Å². The molecule has 0 N–H and O–H groups in total. The molecule has 0 aromatic heterocycles. The highest BCUT2D eigenvalue weighted by molar-refractivity contribution is 6.23. The van der Waals surface area contributed by atoms with Crippen LogP contribution >= 0.6 is 0 Å². The Labute approximate surface area is 166 Å². The molecular formula is C20H19NO8. The van der Waals surface area contributed by atoms with E-state index in [1.54, 1.807) is 30.3 Å². The van der Waals surface area contributed by atoms with Crippen LogP contribution < -0.4 is 9.64 Å². The number of rotatable bonds is 5. The number of nitrogens with zero attached hydrogens (tertiary/aromatic N) is 1. The van der Waals surface area contributed by atoms with Gasteiger partial charge in [0.1, 0.15) is 5.75 Å². The van der Waals surface area contributed by atoms with Gasteiger partial charge in [-0.25, -0.2) is 4.90 Å². The number of hydrogen-bond acceptors (Lipinski definition) is 8. The van der Waals surface area contributed by atoms with Gasteiger partial charge in [-0.3, -0.25) is 19.2 Å². The number of esters is 2. The van der Waals surface area contributed by atoms with Gasteiger partial charge in [0.2, 0.25) is 11.8 Å². The minimum absolute atomic E-state index is 0.361. The lowest BCUT2D eigenvalue weighted by molar-refractivity contribution is -0.226. The summed E-state index contributed by atoms with van der Waals surface area (Å²) in [6.45, 7) is 2.31. The first-order valence-electron chi connectivity index (χ1n) is 9.02. The van der Waals surface area contributed by atoms with Gasteiger partial charge in [0.15, 0.2) is 5.60 Å². The molecule has 2 bridgehead atoms. The first-order valence-corrected chi connectivity index (χ1v) is 9.02. The zero-order chi connectivity index (χ0) is 20.9. The first-order chi connectivity index (χ1) is 13.8. The van der Waals surface area contributed by atoms with E-state index >= 15 is 0 Å². The fourth-order valence-corrected chi connectivity index (χ4v) is 4.22. The Morgan fingerprint density at radius 2 is 1.83 bits per heavy atom. The Morgan fingerprint density at radius 1 is 1.14 bits per heavy atom. The molecule has 152 valence electrons. The SMILES string of the molecule is COc1cccc(N2C(=O)[C@H]3[C@@H]4C=C[C@@](C(OC(C)=O)OC(C)=O)(O4)[C@@H]3C2=O)c1. The number of fused-ring (bicyclic) bond motifs is 5.